The lowest BCUT2D eigenvalue weighted by Crippen LogP contribution is -2.39. The van der Waals surface area contributed by atoms with E-state index >= 15 is 0 Å². The van der Waals surface area contributed by atoms with Crippen molar-refractivity contribution in [3.63, 3.8) is 0 Å². The van der Waals surface area contributed by atoms with Gasteiger partial charge < -0.3 is 14.4 Å². The lowest BCUT2D eigenvalue weighted by molar-refractivity contribution is -0.139. The predicted octanol–water partition coefficient (Wildman–Crippen LogP) is 1.66. The Morgan fingerprint density at radius 3 is 2.71 bits per heavy atom. The number of carbonyl (C=O) groups is 3. The number of nitrogens with zero attached hydrogens (tertiary/aromatic N) is 3. The number of imide groups is 1. The molecule has 8 nitrogen and oxygen atoms in total. The molecule has 1 aromatic carbocycles. The third-order valence-electron chi connectivity index (χ3n) is 5.84. The molecular weight excluding hydrogens is 369 g/mol. The predicted molar refractivity (Wildman–Crippen MR) is 95.8 cm³/mol. The highest BCUT2D eigenvalue weighted by molar-refractivity contribution is 6.02. The Hall–Kier alpha value is -2.84. The van der Waals surface area contributed by atoms with E-state index in [4.69, 9.17) is 9.47 Å². The van der Waals surface area contributed by atoms with Crippen LogP contribution < -0.4 is 14.5 Å². The average molecular weight is 389 g/mol. The van der Waals surface area contributed by atoms with Gasteiger partial charge in [0.15, 0.2) is 5.82 Å². The standard InChI is InChI=1S/C19H20FN3O5/c20-14-6-12(7-15-18(14)21-5-1-2-11(21)10-27-15)22-8-13(28-19(22)26)9-23-16(24)3-4-17(23)25/h6-7,11,13H,1-5,8-10H2/t11-,13+/m0/s1. The van der Waals surface area contributed by atoms with Gasteiger partial charge in [0.25, 0.3) is 0 Å². The van der Waals surface area contributed by atoms with Crippen molar-refractivity contribution in [1.82, 2.24) is 4.90 Å². The molecule has 3 amide bonds. The minimum Gasteiger partial charge on any atom is -0.489 e. The first-order valence-electron chi connectivity index (χ1n) is 9.55. The topological polar surface area (TPSA) is 79.4 Å². The van der Waals surface area contributed by atoms with Crippen LogP contribution in [-0.2, 0) is 14.3 Å². The van der Waals surface area contributed by atoms with E-state index in [1.54, 1.807) is 6.07 Å². The fraction of sp³-hybridized carbons (Fsp3) is 0.526. The number of carbonyl (C=O) groups excluding carboxylic acids is 3. The summed E-state index contributed by atoms with van der Waals surface area (Å²) in [5.74, 6) is -0.518. The number of cyclic esters (lactones) is 1. The third-order valence-corrected chi connectivity index (χ3v) is 5.84. The van der Waals surface area contributed by atoms with Crippen molar-refractivity contribution >= 4 is 29.3 Å². The molecule has 5 rings (SSSR count). The van der Waals surface area contributed by atoms with Crippen molar-refractivity contribution < 1.29 is 28.2 Å². The number of anilines is 2. The molecule has 1 aromatic rings. The Labute approximate surface area is 160 Å². The van der Waals surface area contributed by atoms with Crippen molar-refractivity contribution in [3.05, 3.63) is 17.9 Å². The molecule has 0 saturated carbocycles. The minimum absolute atomic E-state index is 0.0271. The Kier molecular flexibility index (Phi) is 3.92. The molecule has 3 fully saturated rings. The molecule has 2 atom stereocenters. The highest BCUT2D eigenvalue weighted by Crippen LogP contribution is 2.43. The highest BCUT2D eigenvalue weighted by atomic mass is 19.1. The highest BCUT2D eigenvalue weighted by Gasteiger charge is 2.40. The number of hydrogen-bond donors (Lipinski definition) is 0. The Morgan fingerprint density at radius 2 is 1.93 bits per heavy atom. The summed E-state index contributed by atoms with van der Waals surface area (Å²) in [6, 6.07) is 3.17. The summed E-state index contributed by atoms with van der Waals surface area (Å²) in [6.07, 6.45) is 1.10. The molecule has 0 unspecified atom stereocenters. The van der Waals surface area contributed by atoms with Gasteiger partial charge in [-0.3, -0.25) is 19.4 Å². The lowest BCUT2D eigenvalue weighted by Gasteiger charge is -2.34. The number of likely N-dealkylation sites (tertiary alicyclic amines) is 1. The number of benzene rings is 1. The third kappa shape index (κ3) is 2.68. The molecule has 0 spiro atoms. The van der Waals surface area contributed by atoms with Crippen molar-refractivity contribution in [1.29, 1.82) is 0 Å². The zero-order valence-electron chi connectivity index (χ0n) is 15.2. The van der Waals surface area contributed by atoms with Gasteiger partial charge in [-0.05, 0) is 12.8 Å². The summed E-state index contributed by atoms with van der Waals surface area (Å²) in [4.78, 5) is 40.4. The smallest absolute Gasteiger partial charge is 0.414 e. The van der Waals surface area contributed by atoms with Crippen LogP contribution in [0.3, 0.4) is 0 Å². The van der Waals surface area contributed by atoms with Crippen LogP contribution in [0.15, 0.2) is 12.1 Å². The normalized spacial score (nSPS) is 26.5. The summed E-state index contributed by atoms with van der Waals surface area (Å²) in [5, 5.41) is 0. The SMILES string of the molecule is O=C1CCC(=O)N1C[C@H]1CN(c2cc(F)c3c(c2)OC[C@@H]2CCCN32)C(=O)O1. The zero-order chi connectivity index (χ0) is 19.4. The molecule has 0 radical (unpaired) electrons. The summed E-state index contributed by atoms with van der Waals surface area (Å²) in [5.41, 5.74) is 0.801. The van der Waals surface area contributed by atoms with Crippen LogP contribution in [0.25, 0.3) is 0 Å². The van der Waals surface area contributed by atoms with Crippen LogP contribution in [0, 0.1) is 5.82 Å². The average Bonchev–Trinajstić information content (AvgIpc) is 3.36. The molecule has 9 heteroatoms. The Morgan fingerprint density at radius 1 is 1.14 bits per heavy atom. The molecule has 148 valence electrons. The summed E-state index contributed by atoms with van der Waals surface area (Å²) >= 11 is 0. The van der Waals surface area contributed by atoms with Gasteiger partial charge in [0.05, 0.1) is 24.8 Å². The second kappa shape index (κ2) is 6.35. The van der Waals surface area contributed by atoms with Crippen LogP contribution in [0.1, 0.15) is 25.7 Å². The van der Waals surface area contributed by atoms with Crippen LogP contribution in [0.2, 0.25) is 0 Å². The molecule has 4 heterocycles. The first-order chi connectivity index (χ1) is 13.5. The van der Waals surface area contributed by atoms with E-state index in [1.165, 1.54) is 11.0 Å². The number of halogens is 1. The number of ether oxygens (including phenoxy) is 2. The van der Waals surface area contributed by atoms with Crippen molar-refractivity contribution in [2.45, 2.75) is 37.8 Å². The van der Waals surface area contributed by atoms with Crippen molar-refractivity contribution in [2.24, 2.45) is 0 Å². The largest absolute Gasteiger partial charge is 0.489 e. The first-order valence-corrected chi connectivity index (χ1v) is 9.55. The van der Waals surface area contributed by atoms with Gasteiger partial charge in [-0.25, -0.2) is 9.18 Å². The van der Waals surface area contributed by atoms with Gasteiger partial charge >= 0.3 is 6.09 Å². The van der Waals surface area contributed by atoms with Crippen LogP contribution in [-0.4, -0.2) is 61.2 Å². The maximum absolute atomic E-state index is 14.9. The molecule has 0 N–H and O–H groups in total. The summed E-state index contributed by atoms with van der Waals surface area (Å²) in [7, 11) is 0. The van der Waals surface area contributed by atoms with Crippen LogP contribution >= 0.6 is 0 Å². The molecule has 3 saturated heterocycles. The number of rotatable bonds is 3. The van der Waals surface area contributed by atoms with Crippen LogP contribution in [0.5, 0.6) is 5.75 Å². The number of hydrogen-bond acceptors (Lipinski definition) is 6. The second-order valence-corrected chi connectivity index (χ2v) is 7.59. The molecule has 4 aliphatic rings. The Balaban J connectivity index is 1.36. The molecule has 28 heavy (non-hydrogen) atoms. The first kappa shape index (κ1) is 17.3. The van der Waals surface area contributed by atoms with Gasteiger partial charge in [0.2, 0.25) is 11.8 Å². The van der Waals surface area contributed by atoms with Crippen molar-refractivity contribution in [3.8, 4) is 5.75 Å². The van der Waals surface area contributed by atoms with E-state index < -0.39 is 18.0 Å². The van der Waals surface area contributed by atoms with E-state index in [1.807, 2.05) is 4.90 Å². The maximum Gasteiger partial charge on any atom is 0.414 e. The molecule has 0 bridgehead atoms. The van der Waals surface area contributed by atoms with Gasteiger partial charge in [0, 0.05) is 31.5 Å². The quantitative estimate of drug-likeness (QED) is 0.732. The Bertz CT molecular complexity index is 859. The van der Waals surface area contributed by atoms with E-state index in [0.717, 1.165) is 24.3 Å². The lowest BCUT2D eigenvalue weighted by atomic mass is 10.1. The van der Waals surface area contributed by atoms with E-state index in [0.29, 0.717) is 23.7 Å². The van der Waals surface area contributed by atoms with Gasteiger partial charge in [-0.2, -0.15) is 0 Å². The fourth-order valence-corrected chi connectivity index (χ4v) is 4.45. The van der Waals surface area contributed by atoms with E-state index in [-0.39, 0.29) is 43.8 Å². The summed E-state index contributed by atoms with van der Waals surface area (Å²) < 4.78 is 25.9. The van der Waals surface area contributed by atoms with Crippen LogP contribution in [0.4, 0.5) is 20.6 Å². The second-order valence-electron chi connectivity index (χ2n) is 7.59. The molecule has 4 aliphatic heterocycles. The van der Waals surface area contributed by atoms with Gasteiger partial charge in [-0.1, -0.05) is 0 Å². The molecule has 0 aromatic heterocycles. The number of fused-ring (bicyclic) bond motifs is 3. The van der Waals surface area contributed by atoms with E-state index in [9.17, 15) is 18.8 Å². The number of amides is 3. The minimum atomic E-state index is -0.638. The maximum atomic E-state index is 14.9. The van der Waals surface area contributed by atoms with Gasteiger partial charge in [0.1, 0.15) is 24.1 Å². The van der Waals surface area contributed by atoms with Crippen molar-refractivity contribution in [2.75, 3.05) is 36.0 Å². The summed E-state index contributed by atoms with van der Waals surface area (Å²) in [6.45, 7) is 1.46. The fourth-order valence-electron chi connectivity index (χ4n) is 4.45. The molecular formula is C19H20FN3O5. The monoisotopic (exact) mass is 389 g/mol. The zero-order valence-corrected chi connectivity index (χ0v) is 15.2. The van der Waals surface area contributed by atoms with E-state index in [2.05, 4.69) is 0 Å². The molecule has 0 aliphatic carbocycles. The van der Waals surface area contributed by atoms with Gasteiger partial charge in [-0.15, -0.1) is 0 Å².